The summed E-state index contributed by atoms with van der Waals surface area (Å²) < 4.78 is 5.25. The van der Waals surface area contributed by atoms with Crippen molar-refractivity contribution in [1.29, 1.82) is 0 Å². The summed E-state index contributed by atoms with van der Waals surface area (Å²) in [6.07, 6.45) is 4.01. The zero-order valence-electron chi connectivity index (χ0n) is 64.1. The third-order valence-electron chi connectivity index (χ3n) is 18.4. The van der Waals surface area contributed by atoms with Gasteiger partial charge in [0.25, 0.3) is 0 Å². The number of fused-ring (bicyclic) bond motifs is 1. The molecule has 16 N–H and O–H groups in total. The van der Waals surface area contributed by atoms with Gasteiger partial charge in [-0.15, -0.1) is 0 Å². The van der Waals surface area contributed by atoms with Crippen molar-refractivity contribution in [3.8, 4) is 5.75 Å². The van der Waals surface area contributed by atoms with Crippen molar-refractivity contribution in [3.63, 3.8) is 0 Å². The van der Waals surface area contributed by atoms with Crippen molar-refractivity contribution in [2.75, 3.05) is 44.0 Å². The molecule has 32 heteroatoms. The molecule has 31 nitrogen and oxygen atoms in total. The summed E-state index contributed by atoms with van der Waals surface area (Å²) in [4.78, 5) is 189. The summed E-state index contributed by atoms with van der Waals surface area (Å²) in [6.45, 7) is 10.4. The SMILES string of the molecule is COc1ccc(NC(=O)NC[C@H](NC(=O)[C@H](CO)NC(=O)[C@@H](Cc2cccnc2)NC(=O)[C@@H](Cc2ccc(Cl)cc2)NC(=O)[C@@H](Cc2ccc3ccccc3c2)NC(C)=O)C(=O)N[C@H](Cc2ccc(NC(C)=O)cc2)C(=O)N[C@@H](CC(C)C)C(=O)N[C@@H](CCCCNC(C)C)C(=O)N2CCC[C@H]2C(=O)N[C@H](C)C(N)=O)cc1. The van der Waals surface area contributed by atoms with Gasteiger partial charge in [0, 0.05) is 87.5 Å². The number of anilines is 2. The Morgan fingerprint density at radius 3 is 1.62 bits per heavy atom. The minimum absolute atomic E-state index is 0.0101. The van der Waals surface area contributed by atoms with Crippen LogP contribution in [-0.4, -0.2) is 192 Å². The molecule has 7 rings (SSSR count). The van der Waals surface area contributed by atoms with Crippen LogP contribution < -0.4 is 79.6 Å². The number of aliphatic hydroxyl groups is 1. The third kappa shape index (κ3) is 28.4. The van der Waals surface area contributed by atoms with E-state index < -0.39 is 145 Å². The van der Waals surface area contributed by atoms with Crippen LogP contribution in [0.4, 0.5) is 16.2 Å². The Morgan fingerprint density at radius 1 is 0.545 bits per heavy atom. The summed E-state index contributed by atoms with van der Waals surface area (Å²) in [5.41, 5.74) is 8.16. The Bertz CT molecular complexity index is 4230. The van der Waals surface area contributed by atoms with Crippen LogP contribution in [0.3, 0.4) is 0 Å². The number of unbranched alkanes of at least 4 members (excludes halogenated alkanes) is 1. The second-order valence-electron chi connectivity index (χ2n) is 28.3. The van der Waals surface area contributed by atoms with Crippen molar-refractivity contribution in [2.24, 2.45) is 11.7 Å². The highest BCUT2D eigenvalue weighted by molar-refractivity contribution is 6.30. The lowest BCUT2D eigenvalue weighted by Gasteiger charge is -2.31. The van der Waals surface area contributed by atoms with Crippen LogP contribution in [0.25, 0.3) is 10.8 Å². The number of ether oxygens (including phenoxy) is 1. The number of nitrogens with zero attached hydrogens (tertiary/aromatic N) is 2. The lowest BCUT2D eigenvalue weighted by atomic mass is 9.99. The average molecular weight is 1560 g/mol. The highest BCUT2D eigenvalue weighted by atomic mass is 35.5. The Morgan fingerprint density at radius 2 is 1.05 bits per heavy atom. The van der Waals surface area contributed by atoms with Gasteiger partial charge in [-0.25, -0.2) is 4.79 Å². The first kappa shape index (κ1) is 87.7. The van der Waals surface area contributed by atoms with E-state index in [2.05, 4.69) is 74.1 Å². The van der Waals surface area contributed by atoms with Crippen LogP contribution >= 0.6 is 11.6 Å². The predicted molar refractivity (Wildman–Crippen MR) is 421 cm³/mol. The van der Waals surface area contributed by atoms with Crippen LogP contribution in [0.15, 0.2) is 140 Å². The normalized spacial score (nSPS) is 14.9. The molecule has 112 heavy (non-hydrogen) atoms. The molecule has 0 saturated carbocycles. The monoisotopic (exact) mass is 1560 g/mol. The second-order valence-corrected chi connectivity index (χ2v) is 28.8. The van der Waals surface area contributed by atoms with Crippen LogP contribution in [0.1, 0.15) is 109 Å². The van der Waals surface area contributed by atoms with Gasteiger partial charge in [0.1, 0.15) is 66.2 Å². The van der Waals surface area contributed by atoms with Crippen LogP contribution in [-0.2, 0) is 83.2 Å². The van der Waals surface area contributed by atoms with E-state index in [0.29, 0.717) is 64.5 Å². The molecule has 0 radical (unpaired) electrons. The number of aromatic nitrogens is 1. The number of likely N-dealkylation sites (tertiary alicyclic amines) is 1. The highest BCUT2D eigenvalue weighted by Crippen LogP contribution is 2.23. The Kier molecular flexibility index (Phi) is 34.2. The summed E-state index contributed by atoms with van der Waals surface area (Å²) >= 11 is 6.26. The molecule has 0 bridgehead atoms. The molecule has 600 valence electrons. The first-order valence-corrected chi connectivity index (χ1v) is 37.6. The topological polar surface area (TPSA) is 450 Å². The first-order chi connectivity index (χ1) is 53.4. The maximum atomic E-state index is 15.2. The van der Waals surface area contributed by atoms with E-state index in [9.17, 15) is 57.8 Å². The number of carbonyl (C=O) groups is 13. The molecule has 2 heterocycles. The van der Waals surface area contributed by atoms with E-state index in [0.717, 1.165) is 10.8 Å². The zero-order chi connectivity index (χ0) is 81.6. The molecule has 14 amide bonds. The van der Waals surface area contributed by atoms with Gasteiger partial charge in [-0.05, 0) is 146 Å². The number of nitrogens with two attached hydrogens (primary N) is 1. The number of hydrogen-bond donors (Lipinski definition) is 15. The molecule has 5 aromatic carbocycles. The molecular formula is C80H103ClN16O15. The molecule has 0 unspecified atom stereocenters. The Labute approximate surface area is 655 Å². The quantitative estimate of drug-likeness (QED) is 0.0245. The molecule has 6 aromatic rings. The number of carbonyl (C=O) groups excluding carboxylic acids is 13. The molecule has 10 atom stereocenters. The molecule has 0 aliphatic carbocycles. The average Bonchev–Trinajstić information content (AvgIpc) is 1.37. The van der Waals surface area contributed by atoms with Gasteiger partial charge in [0.2, 0.25) is 70.9 Å². The fourth-order valence-corrected chi connectivity index (χ4v) is 12.6. The number of pyridine rings is 1. The summed E-state index contributed by atoms with van der Waals surface area (Å²) in [6, 6.07) is 20.2. The molecule has 0 spiro atoms. The van der Waals surface area contributed by atoms with Gasteiger partial charge in [-0.1, -0.05) is 112 Å². The van der Waals surface area contributed by atoms with Gasteiger partial charge >= 0.3 is 6.03 Å². The van der Waals surface area contributed by atoms with Gasteiger partial charge < -0.3 is 89.6 Å². The summed E-state index contributed by atoms with van der Waals surface area (Å²) in [5.74, 6) is -9.44. The van der Waals surface area contributed by atoms with Crippen molar-refractivity contribution in [3.05, 3.63) is 167 Å². The van der Waals surface area contributed by atoms with E-state index >= 15 is 9.59 Å². The van der Waals surface area contributed by atoms with Crippen molar-refractivity contribution in [2.45, 2.75) is 179 Å². The van der Waals surface area contributed by atoms with E-state index in [4.69, 9.17) is 22.1 Å². The number of halogens is 1. The fourth-order valence-electron chi connectivity index (χ4n) is 12.5. The van der Waals surface area contributed by atoms with Gasteiger partial charge in [0.05, 0.1) is 13.7 Å². The maximum Gasteiger partial charge on any atom is 0.319 e. The minimum Gasteiger partial charge on any atom is -0.497 e. The largest absolute Gasteiger partial charge is 0.497 e. The summed E-state index contributed by atoms with van der Waals surface area (Å²) in [7, 11) is 1.45. The first-order valence-electron chi connectivity index (χ1n) is 37.3. The van der Waals surface area contributed by atoms with Crippen molar-refractivity contribution in [1.82, 2.24) is 68.4 Å². The van der Waals surface area contributed by atoms with Crippen LogP contribution in [0.5, 0.6) is 5.75 Å². The Hall–Kier alpha value is -11.6. The van der Waals surface area contributed by atoms with Gasteiger partial charge in [-0.3, -0.25) is 62.5 Å². The van der Waals surface area contributed by atoms with Gasteiger partial charge in [-0.2, -0.15) is 0 Å². The minimum atomic E-state index is -1.93. The molecule has 1 saturated heterocycles. The molecule has 1 aromatic heterocycles. The number of aliphatic hydroxyl groups excluding tert-OH is 1. The number of urea groups is 1. The maximum absolute atomic E-state index is 15.2. The molecule has 1 fully saturated rings. The second kappa shape index (κ2) is 43.7. The van der Waals surface area contributed by atoms with E-state index in [-0.39, 0.29) is 75.0 Å². The number of rotatable bonds is 41. The Balaban J connectivity index is 1.18. The van der Waals surface area contributed by atoms with Gasteiger partial charge in [0.15, 0.2) is 0 Å². The number of methoxy groups -OCH3 is 1. The van der Waals surface area contributed by atoms with Crippen LogP contribution in [0.2, 0.25) is 5.02 Å². The smallest absolute Gasteiger partial charge is 0.319 e. The molecule has 1 aliphatic heterocycles. The molecule has 1 aliphatic rings. The third-order valence-corrected chi connectivity index (χ3v) is 18.6. The van der Waals surface area contributed by atoms with Crippen molar-refractivity contribution < 1.29 is 72.2 Å². The lowest BCUT2D eigenvalue weighted by Crippen LogP contribution is -2.63. The van der Waals surface area contributed by atoms with E-state index in [1.807, 2.05) is 56.3 Å². The number of primary amides is 1. The van der Waals surface area contributed by atoms with Crippen molar-refractivity contribution >= 4 is 111 Å². The number of nitrogens with one attached hydrogen (secondary N) is 13. The number of hydrogen-bond acceptors (Lipinski definition) is 17. The fraction of sp³-hybridized carbons (Fsp3) is 0.425. The van der Waals surface area contributed by atoms with E-state index in [1.165, 1.54) is 57.3 Å². The van der Waals surface area contributed by atoms with E-state index in [1.54, 1.807) is 86.6 Å². The molecular weight excluding hydrogens is 1460 g/mol. The number of benzene rings is 5. The predicted octanol–water partition coefficient (Wildman–Crippen LogP) is 3.03. The highest BCUT2D eigenvalue weighted by Gasteiger charge is 2.41. The van der Waals surface area contributed by atoms with Crippen LogP contribution in [0, 0.1) is 5.92 Å². The lowest BCUT2D eigenvalue weighted by molar-refractivity contribution is -0.142. The number of amides is 14. The zero-order valence-corrected chi connectivity index (χ0v) is 64.9. The summed E-state index contributed by atoms with van der Waals surface area (Å²) in [5, 5.41) is 48.5. The standard InChI is InChI=1S/C80H103ClN16O15/c1-46(2)37-62(71(102)90-61(18-11-12-35-84-47(3)4)79(110)97-36-14-19-69(97)78(109)86-48(5)70(82)101)91-73(104)65(40-52-23-28-58(29-24-52)87-49(6)99)94-76(107)67(44-85-80(111)89-59-30-32-60(112-8)33-31-59)95-77(108)68(45-98)96-75(106)66(42-54-15-13-34-83-43-54)93-74(105)64(39-51-21-26-57(81)27-22-51)92-72(103)63(88-50(7)100)41-53-20-25-55-16-9-10-17-56(55)38-53/h9-10,13,15-17,20-34,38,43,46-48,61-69,84,98H,11-12,14,18-19,35-37,39-42,44-45H2,1-8H3,(H2,82,101)(H,86,109)(H,87,99)(H,88,100)(H,90,102)(H,91,104)(H,92,103)(H,93,105)(H,94,107)(H,95,108)(H,96,106)(H2,85,89,111)/t48-,61+,62+,63-,64-,65-,66-,67+,68+,69+/m1/s1.